The summed E-state index contributed by atoms with van der Waals surface area (Å²) in [6.45, 7) is 5.50. The summed E-state index contributed by atoms with van der Waals surface area (Å²) < 4.78 is 5.21. The van der Waals surface area contributed by atoms with E-state index in [0.29, 0.717) is 26.3 Å². The predicted octanol–water partition coefficient (Wildman–Crippen LogP) is 2.33. The second-order valence-electron chi connectivity index (χ2n) is 4.23. The van der Waals surface area contributed by atoms with E-state index in [1.807, 2.05) is 13.8 Å². The number of nitro benzene ring substituents is 1. The number of nitrogens with two attached hydrogens (primary N) is 1. The molecule has 0 saturated heterocycles. The van der Waals surface area contributed by atoms with E-state index >= 15 is 0 Å². The molecule has 7 nitrogen and oxygen atoms in total. The molecule has 1 aromatic rings. The number of nitro groups is 1. The summed E-state index contributed by atoms with van der Waals surface area (Å²) in [7, 11) is 0. The van der Waals surface area contributed by atoms with E-state index in [0.717, 1.165) is 6.07 Å². The molecular formula is C13H18ClN3O4. The lowest BCUT2D eigenvalue weighted by atomic mass is 10.1. The lowest BCUT2D eigenvalue weighted by Gasteiger charge is -2.21. The van der Waals surface area contributed by atoms with E-state index in [1.165, 1.54) is 11.0 Å². The molecule has 8 heteroatoms. The van der Waals surface area contributed by atoms with Crippen molar-refractivity contribution in [3.8, 4) is 0 Å². The van der Waals surface area contributed by atoms with Crippen molar-refractivity contribution in [1.29, 1.82) is 0 Å². The minimum absolute atomic E-state index is 0.00610. The first kappa shape index (κ1) is 17.2. The first-order chi connectivity index (χ1) is 9.92. The molecule has 0 unspecified atom stereocenters. The molecule has 1 amide bonds. The van der Waals surface area contributed by atoms with Gasteiger partial charge in [-0.15, -0.1) is 0 Å². The fourth-order valence-electron chi connectivity index (χ4n) is 1.78. The van der Waals surface area contributed by atoms with Crippen LogP contribution in [0.5, 0.6) is 0 Å². The zero-order valence-corrected chi connectivity index (χ0v) is 12.7. The summed E-state index contributed by atoms with van der Waals surface area (Å²) in [5, 5.41) is 10.9. The van der Waals surface area contributed by atoms with E-state index in [2.05, 4.69) is 0 Å². The van der Waals surface area contributed by atoms with E-state index in [9.17, 15) is 14.9 Å². The van der Waals surface area contributed by atoms with E-state index in [-0.39, 0.29) is 27.9 Å². The van der Waals surface area contributed by atoms with Crippen LogP contribution in [0.25, 0.3) is 0 Å². The Kier molecular flexibility index (Phi) is 6.39. The lowest BCUT2D eigenvalue weighted by molar-refractivity contribution is -0.383. The first-order valence-corrected chi connectivity index (χ1v) is 6.90. The van der Waals surface area contributed by atoms with Crippen LogP contribution >= 0.6 is 11.6 Å². The maximum atomic E-state index is 12.4. The van der Waals surface area contributed by atoms with Gasteiger partial charge in [0, 0.05) is 31.3 Å². The standard InChI is InChI=1S/C13H18ClN3O4/c1-3-16(5-6-21-4-2)13(18)9-7-10(14)12(15)11(8-9)17(19)20/h7-8H,3-6,15H2,1-2H3. The number of benzene rings is 1. The van der Waals surface area contributed by atoms with E-state index < -0.39 is 4.92 Å². The van der Waals surface area contributed by atoms with Crippen LogP contribution in [-0.4, -0.2) is 42.0 Å². The maximum Gasteiger partial charge on any atom is 0.294 e. The Morgan fingerprint density at radius 2 is 2.14 bits per heavy atom. The maximum absolute atomic E-state index is 12.4. The summed E-state index contributed by atoms with van der Waals surface area (Å²) in [4.78, 5) is 24.1. The molecular weight excluding hydrogens is 298 g/mol. The minimum atomic E-state index is -0.658. The van der Waals surface area contributed by atoms with Gasteiger partial charge in [0.1, 0.15) is 5.69 Å². The van der Waals surface area contributed by atoms with Gasteiger partial charge < -0.3 is 15.4 Å². The zero-order chi connectivity index (χ0) is 16.0. The number of rotatable bonds is 7. The number of carbonyl (C=O) groups is 1. The number of hydrogen-bond acceptors (Lipinski definition) is 5. The largest absolute Gasteiger partial charge is 0.392 e. The molecule has 0 bridgehead atoms. The predicted molar refractivity (Wildman–Crippen MR) is 80.6 cm³/mol. The Bertz CT molecular complexity index is 536. The van der Waals surface area contributed by atoms with E-state index in [4.69, 9.17) is 22.1 Å². The van der Waals surface area contributed by atoms with Crippen molar-refractivity contribution >= 4 is 28.9 Å². The highest BCUT2D eigenvalue weighted by molar-refractivity contribution is 6.34. The van der Waals surface area contributed by atoms with Gasteiger partial charge in [0.2, 0.25) is 0 Å². The third kappa shape index (κ3) is 4.30. The molecule has 0 aliphatic heterocycles. The molecule has 0 spiro atoms. The van der Waals surface area contributed by atoms with Crippen molar-refractivity contribution in [2.75, 3.05) is 32.0 Å². The number of anilines is 1. The third-order valence-corrected chi connectivity index (χ3v) is 3.24. The Balaban J connectivity index is 3.02. The number of carbonyl (C=O) groups excluding carboxylic acids is 1. The second kappa shape index (κ2) is 7.80. The molecule has 0 saturated carbocycles. The summed E-state index contributed by atoms with van der Waals surface area (Å²) in [5.41, 5.74) is 5.17. The van der Waals surface area contributed by atoms with Crippen LogP contribution in [0.1, 0.15) is 24.2 Å². The van der Waals surface area contributed by atoms with Crippen molar-refractivity contribution in [3.63, 3.8) is 0 Å². The number of likely N-dealkylation sites (N-methyl/N-ethyl adjacent to an activating group) is 1. The molecule has 0 fully saturated rings. The first-order valence-electron chi connectivity index (χ1n) is 6.52. The molecule has 0 aliphatic rings. The summed E-state index contributed by atoms with van der Waals surface area (Å²) in [5.74, 6) is -0.345. The molecule has 0 aromatic heterocycles. The molecule has 0 heterocycles. The van der Waals surface area contributed by atoms with Gasteiger partial charge in [0.05, 0.1) is 16.6 Å². The zero-order valence-electron chi connectivity index (χ0n) is 12.0. The summed E-state index contributed by atoms with van der Waals surface area (Å²) in [6, 6.07) is 2.49. The van der Waals surface area contributed by atoms with Crippen LogP contribution in [0.15, 0.2) is 12.1 Å². The van der Waals surface area contributed by atoms with Gasteiger partial charge >= 0.3 is 0 Å². The Morgan fingerprint density at radius 3 is 2.67 bits per heavy atom. The SMILES string of the molecule is CCOCCN(CC)C(=O)c1cc(Cl)c(N)c([N+](=O)[O-])c1. The molecule has 2 N–H and O–H groups in total. The number of halogens is 1. The van der Waals surface area contributed by atoms with Gasteiger partial charge in [-0.1, -0.05) is 11.6 Å². The fourth-order valence-corrected chi connectivity index (χ4v) is 2.00. The number of nitrogen functional groups attached to an aromatic ring is 1. The van der Waals surface area contributed by atoms with Gasteiger partial charge in [-0.05, 0) is 19.9 Å². The van der Waals surface area contributed by atoms with Crippen molar-refractivity contribution in [1.82, 2.24) is 4.90 Å². The van der Waals surface area contributed by atoms with Crippen LogP contribution in [0.2, 0.25) is 5.02 Å². The smallest absolute Gasteiger partial charge is 0.294 e. The van der Waals surface area contributed by atoms with Crippen LogP contribution in [0, 0.1) is 10.1 Å². The molecule has 116 valence electrons. The van der Waals surface area contributed by atoms with Gasteiger partial charge in [-0.25, -0.2) is 0 Å². The Hall–Kier alpha value is -1.86. The third-order valence-electron chi connectivity index (χ3n) is 2.93. The average molecular weight is 316 g/mol. The second-order valence-corrected chi connectivity index (χ2v) is 4.64. The number of nitrogens with zero attached hydrogens (tertiary/aromatic N) is 2. The van der Waals surface area contributed by atoms with Crippen molar-refractivity contribution < 1.29 is 14.5 Å². The van der Waals surface area contributed by atoms with Gasteiger partial charge in [-0.3, -0.25) is 14.9 Å². The van der Waals surface area contributed by atoms with Crippen LogP contribution in [-0.2, 0) is 4.74 Å². The highest BCUT2D eigenvalue weighted by Gasteiger charge is 2.22. The number of amides is 1. The highest BCUT2D eigenvalue weighted by atomic mass is 35.5. The number of hydrogen-bond donors (Lipinski definition) is 1. The molecule has 1 aromatic carbocycles. The topological polar surface area (TPSA) is 98.7 Å². The highest BCUT2D eigenvalue weighted by Crippen LogP contribution is 2.31. The van der Waals surface area contributed by atoms with Gasteiger partial charge in [-0.2, -0.15) is 0 Å². The molecule has 0 atom stereocenters. The van der Waals surface area contributed by atoms with Gasteiger partial charge in [0.25, 0.3) is 11.6 Å². The fraction of sp³-hybridized carbons (Fsp3) is 0.462. The average Bonchev–Trinajstić information content (AvgIpc) is 2.45. The summed E-state index contributed by atoms with van der Waals surface area (Å²) in [6.07, 6.45) is 0. The van der Waals surface area contributed by atoms with Crippen LogP contribution < -0.4 is 5.73 Å². The molecule has 21 heavy (non-hydrogen) atoms. The van der Waals surface area contributed by atoms with E-state index in [1.54, 1.807) is 0 Å². The van der Waals surface area contributed by atoms with Crippen LogP contribution in [0.3, 0.4) is 0 Å². The summed E-state index contributed by atoms with van der Waals surface area (Å²) >= 11 is 5.86. The molecule has 1 rings (SSSR count). The van der Waals surface area contributed by atoms with Crippen LogP contribution in [0.4, 0.5) is 11.4 Å². The van der Waals surface area contributed by atoms with Crippen molar-refractivity contribution in [2.45, 2.75) is 13.8 Å². The quantitative estimate of drug-likeness (QED) is 0.360. The molecule has 0 aliphatic carbocycles. The molecule has 0 radical (unpaired) electrons. The monoisotopic (exact) mass is 315 g/mol. The minimum Gasteiger partial charge on any atom is -0.392 e. The Labute approximate surface area is 127 Å². The lowest BCUT2D eigenvalue weighted by Crippen LogP contribution is -2.34. The van der Waals surface area contributed by atoms with Crippen molar-refractivity contribution in [3.05, 3.63) is 32.8 Å². The van der Waals surface area contributed by atoms with Crippen molar-refractivity contribution in [2.24, 2.45) is 0 Å². The Morgan fingerprint density at radius 1 is 1.48 bits per heavy atom. The number of ether oxygens (including phenoxy) is 1. The normalized spacial score (nSPS) is 10.4. The van der Waals surface area contributed by atoms with Gasteiger partial charge in [0.15, 0.2) is 0 Å².